The van der Waals surface area contributed by atoms with Gasteiger partial charge in [-0.3, -0.25) is 13.9 Å². The van der Waals surface area contributed by atoms with Crippen LogP contribution >= 0.6 is 11.6 Å². The van der Waals surface area contributed by atoms with Crippen molar-refractivity contribution in [3.63, 3.8) is 0 Å². The number of hydrogen-bond donors (Lipinski definition) is 1. The summed E-state index contributed by atoms with van der Waals surface area (Å²) in [5, 5.41) is 3.40. The Hall–Kier alpha value is -3.56. The van der Waals surface area contributed by atoms with Crippen LogP contribution in [0.2, 0.25) is 5.02 Å². The van der Waals surface area contributed by atoms with Crippen molar-refractivity contribution in [3.05, 3.63) is 94.5 Å². The Morgan fingerprint density at radius 2 is 1.66 bits per heavy atom. The largest absolute Gasteiger partial charge is 0.497 e. The zero-order chi connectivity index (χ0) is 30.2. The molecule has 0 spiro atoms. The Morgan fingerprint density at radius 3 is 2.29 bits per heavy atom. The fourth-order valence-corrected chi connectivity index (χ4v) is 5.49. The Kier molecular flexibility index (Phi) is 11.2. The number of nitrogens with zero attached hydrogens (tertiary/aromatic N) is 2. The average Bonchev–Trinajstić information content (AvgIpc) is 2.95. The molecule has 41 heavy (non-hydrogen) atoms. The van der Waals surface area contributed by atoms with Crippen LogP contribution < -0.4 is 14.4 Å². The lowest BCUT2D eigenvalue weighted by Crippen LogP contribution is -2.54. The van der Waals surface area contributed by atoms with Gasteiger partial charge in [0.15, 0.2) is 0 Å². The molecule has 0 aliphatic rings. The fraction of sp³-hybridized carbons (Fsp3) is 0.355. The summed E-state index contributed by atoms with van der Waals surface area (Å²) in [4.78, 5) is 29.4. The predicted octanol–water partition coefficient (Wildman–Crippen LogP) is 4.98. The number of methoxy groups -OCH3 is 1. The summed E-state index contributed by atoms with van der Waals surface area (Å²) in [6.45, 7) is 5.12. The molecule has 3 aromatic carbocycles. The third-order valence-electron chi connectivity index (χ3n) is 6.95. The molecule has 220 valence electrons. The van der Waals surface area contributed by atoms with E-state index in [0.29, 0.717) is 28.4 Å². The van der Waals surface area contributed by atoms with Gasteiger partial charge >= 0.3 is 0 Å². The van der Waals surface area contributed by atoms with Gasteiger partial charge < -0.3 is 15.0 Å². The molecule has 0 fully saturated rings. The molecule has 0 unspecified atom stereocenters. The number of benzene rings is 3. The molecule has 0 heterocycles. The molecule has 0 bridgehead atoms. The molecule has 0 radical (unpaired) electrons. The van der Waals surface area contributed by atoms with Gasteiger partial charge in [-0.2, -0.15) is 0 Å². The highest BCUT2D eigenvalue weighted by Gasteiger charge is 2.34. The van der Waals surface area contributed by atoms with E-state index in [-0.39, 0.29) is 24.9 Å². The van der Waals surface area contributed by atoms with E-state index in [0.717, 1.165) is 21.7 Å². The lowest BCUT2D eigenvalue weighted by Gasteiger charge is -2.34. The number of sulfonamides is 1. The van der Waals surface area contributed by atoms with Crippen LogP contribution in [-0.2, 0) is 32.6 Å². The summed E-state index contributed by atoms with van der Waals surface area (Å²) >= 11 is 6.31. The maximum Gasteiger partial charge on any atom is 0.244 e. The van der Waals surface area contributed by atoms with Gasteiger partial charge in [-0.1, -0.05) is 67.1 Å². The number of nitrogens with one attached hydrogen (secondary N) is 1. The molecule has 0 aliphatic heterocycles. The lowest BCUT2D eigenvalue weighted by molar-refractivity contribution is -0.140. The molecule has 0 aliphatic carbocycles. The molecule has 3 aromatic rings. The first-order valence-corrected chi connectivity index (χ1v) is 15.7. The van der Waals surface area contributed by atoms with Crippen LogP contribution in [-0.4, -0.2) is 57.1 Å². The van der Waals surface area contributed by atoms with Crippen molar-refractivity contribution in [3.8, 4) is 5.75 Å². The Bertz CT molecular complexity index is 1450. The van der Waals surface area contributed by atoms with Crippen molar-refractivity contribution in [2.75, 3.05) is 24.2 Å². The molecule has 0 aromatic heterocycles. The van der Waals surface area contributed by atoms with Gasteiger partial charge in [0.2, 0.25) is 21.8 Å². The minimum Gasteiger partial charge on any atom is -0.497 e. The van der Waals surface area contributed by atoms with E-state index < -0.39 is 28.5 Å². The first kappa shape index (κ1) is 32.0. The first-order valence-electron chi connectivity index (χ1n) is 13.4. The predicted molar refractivity (Wildman–Crippen MR) is 164 cm³/mol. The van der Waals surface area contributed by atoms with Crippen LogP contribution in [0.15, 0.2) is 72.8 Å². The average molecular weight is 600 g/mol. The number of halogens is 1. The summed E-state index contributed by atoms with van der Waals surface area (Å²) in [6, 6.07) is 20.5. The highest BCUT2D eigenvalue weighted by atomic mass is 35.5. The Balaban J connectivity index is 2.10. The van der Waals surface area contributed by atoms with E-state index in [1.54, 1.807) is 50.4 Å². The second-order valence-corrected chi connectivity index (χ2v) is 12.4. The van der Waals surface area contributed by atoms with E-state index in [2.05, 4.69) is 5.32 Å². The number of carbonyl (C=O) groups is 2. The standard InChI is InChI=1S/C31H38ClN3O5S/c1-6-22(2)33-31(37)29(19-24-12-8-7-9-13-24)34(20-25-14-10-15-26(18-25)40-4)30(36)21-35(41(5,38)39)28-17-11-16-27(32)23(28)3/h7-18,22,29H,6,19-21H2,1-5H3,(H,33,37)/t22-,29-/m0/s1. The molecule has 8 nitrogen and oxygen atoms in total. The number of ether oxygens (including phenoxy) is 1. The minimum atomic E-state index is -3.89. The van der Waals surface area contributed by atoms with E-state index in [1.165, 1.54) is 4.90 Å². The third kappa shape index (κ3) is 8.71. The monoisotopic (exact) mass is 599 g/mol. The number of carbonyl (C=O) groups excluding carboxylic acids is 2. The van der Waals surface area contributed by atoms with Crippen LogP contribution in [0.4, 0.5) is 5.69 Å². The molecule has 0 saturated heterocycles. The topological polar surface area (TPSA) is 96.0 Å². The van der Waals surface area contributed by atoms with Gasteiger partial charge in [0.05, 0.1) is 19.1 Å². The molecule has 0 saturated carbocycles. The van der Waals surface area contributed by atoms with Crippen molar-refractivity contribution < 1.29 is 22.7 Å². The van der Waals surface area contributed by atoms with Gasteiger partial charge in [-0.15, -0.1) is 0 Å². The van der Waals surface area contributed by atoms with E-state index in [9.17, 15) is 18.0 Å². The van der Waals surface area contributed by atoms with Gasteiger partial charge in [-0.25, -0.2) is 8.42 Å². The second-order valence-electron chi connectivity index (χ2n) is 10.1. The zero-order valence-electron chi connectivity index (χ0n) is 24.1. The van der Waals surface area contributed by atoms with Crippen LogP contribution in [0.1, 0.15) is 37.0 Å². The molecule has 10 heteroatoms. The molecular weight excluding hydrogens is 562 g/mol. The van der Waals surface area contributed by atoms with E-state index >= 15 is 0 Å². The zero-order valence-corrected chi connectivity index (χ0v) is 25.7. The summed E-state index contributed by atoms with van der Waals surface area (Å²) in [5.74, 6) is -0.243. The number of rotatable bonds is 13. The maximum absolute atomic E-state index is 14.2. The van der Waals surface area contributed by atoms with Crippen molar-refractivity contribution in [1.82, 2.24) is 10.2 Å². The molecule has 2 atom stereocenters. The van der Waals surface area contributed by atoms with Crippen LogP contribution in [0.25, 0.3) is 0 Å². The van der Waals surface area contributed by atoms with Crippen molar-refractivity contribution in [2.45, 2.75) is 52.2 Å². The van der Waals surface area contributed by atoms with Gasteiger partial charge in [0.25, 0.3) is 0 Å². The maximum atomic E-state index is 14.2. The quantitative estimate of drug-likeness (QED) is 0.299. The first-order chi connectivity index (χ1) is 19.4. The highest BCUT2D eigenvalue weighted by Crippen LogP contribution is 2.29. The smallest absolute Gasteiger partial charge is 0.244 e. The SMILES string of the molecule is CC[C@H](C)NC(=O)[C@H](Cc1ccccc1)N(Cc1cccc(OC)c1)C(=O)CN(c1cccc(Cl)c1C)S(C)(=O)=O. The van der Waals surface area contributed by atoms with Gasteiger partial charge in [0.1, 0.15) is 18.3 Å². The van der Waals surface area contributed by atoms with Gasteiger partial charge in [0, 0.05) is 24.0 Å². The highest BCUT2D eigenvalue weighted by molar-refractivity contribution is 7.92. The Morgan fingerprint density at radius 1 is 1.00 bits per heavy atom. The Labute approximate surface area is 248 Å². The van der Waals surface area contributed by atoms with Crippen LogP contribution in [0, 0.1) is 6.92 Å². The molecule has 3 rings (SSSR count). The minimum absolute atomic E-state index is 0.0631. The van der Waals surface area contributed by atoms with Gasteiger partial charge in [-0.05, 0) is 61.2 Å². The number of amides is 2. The van der Waals surface area contributed by atoms with Crippen LogP contribution in [0.5, 0.6) is 5.75 Å². The molecular formula is C31H38ClN3O5S. The summed E-state index contributed by atoms with van der Waals surface area (Å²) in [5.41, 5.74) is 2.43. The fourth-order valence-electron chi connectivity index (χ4n) is 4.42. The number of hydrogen-bond acceptors (Lipinski definition) is 5. The normalized spacial score (nSPS) is 12.7. The van der Waals surface area contributed by atoms with Crippen molar-refractivity contribution >= 4 is 39.1 Å². The van der Waals surface area contributed by atoms with Crippen molar-refractivity contribution in [1.29, 1.82) is 0 Å². The summed E-state index contributed by atoms with van der Waals surface area (Å²) in [6.07, 6.45) is 2.00. The van der Waals surface area contributed by atoms with Crippen LogP contribution in [0.3, 0.4) is 0 Å². The summed E-state index contributed by atoms with van der Waals surface area (Å²) in [7, 11) is -2.34. The van der Waals surface area contributed by atoms with Crippen molar-refractivity contribution in [2.24, 2.45) is 0 Å². The van der Waals surface area contributed by atoms with E-state index in [1.807, 2.05) is 50.2 Å². The second kappa shape index (κ2) is 14.4. The number of anilines is 1. The lowest BCUT2D eigenvalue weighted by atomic mass is 10.0. The summed E-state index contributed by atoms with van der Waals surface area (Å²) < 4.78 is 32.4. The molecule has 1 N–H and O–H groups in total. The molecule has 2 amide bonds. The van der Waals surface area contributed by atoms with E-state index in [4.69, 9.17) is 16.3 Å². The third-order valence-corrected chi connectivity index (χ3v) is 8.48.